The topological polar surface area (TPSA) is 93.7 Å². The SMILES string of the molecule is COc1cc(C(=O)Nc2ccc(NS(=O)(=O)c3ccc(C)cc3)cc2)ccc1OC1CCCC1. The van der Waals surface area contributed by atoms with E-state index in [-0.39, 0.29) is 16.9 Å². The molecule has 0 aliphatic heterocycles. The molecule has 4 rings (SSSR count). The molecule has 0 bridgehead atoms. The van der Waals surface area contributed by atoms with E-state index in [1.54, 1.807) is 73.8 Å². The first-order valence-corrected chi connectivity index (χ1v) is 12.7. The number of ether oxygens (including phenoxy) is 2. The maximum atomic E-state index is 12.7. The number of rotatable bonds is 8. The molecule has 34 heavy (non-hydrogen) atoms. The number of nitrogens with one attached hydrogen (secondary N) is 2. The summed E-state index contributed by atoms with van der Waals surface area (Å²) in [5, 5.41) is 2.82. The minimum atomic E-state index is -3.69. The second-order valence-electron chi connectivity index (χ2n) is 8.34. The fourth-order valence-electron chi connectivity index (χ4n) is 3.85. The van der Waals surface area contributed by atoms with Crippen LogP contribution in [0.4, 0.5) is 11.4 Å². The largest absolute Gasteiger partial charge is 0.493 e. The van der Waals surface area contributed by atoms with Gasteiger partial charge in [-0.25, -0.2) is 8.42 Å². The second-order valence-corrected chi connectivity index (χ2v) is 10.0. The van der Waals surface area contributed by atoms with E-state index < -0.39 is 10.0 Å². The average Bonchev–Trinajstić information content (AvgIpc) is 3.34. The van der Waals surface area contributed by atoms with E-state index in [4.69, 9.17) is 9.47 Å². The Morgan fingerprint density at radius 1 is 0.882 bits per heavy atom. The molecule has 0 saturated heterocycles. The van der Waals surface area contributed by atoms with Crippen molar-refractivity contribution in [2.24, 2.45) is 0 Å². The second kappa shape index (κ2) is 10.2. The van der Waals surface area contributed by atoms with Crippen LogP contribution < -0.4 is 19.5 Å². The number of hydrogen-bond acceptors (Lipinski definition) is 5. The normalized spacial score (nSPS) is 13.9. The summed E-state index contributed by atoms with van der Waals surface area (Å²) < 4.78 is 39.1. The molecule has 0 aromatic heterocycles. The third-order valence-electron chi connectivity index (χ3n) is 5.75. The van der Waals surface area contributed by atoms with Crippen LogP contribution in [0.1, 0.15) is 41.6 Å². The molecule has 1 aliphatic carbocycles. The number of aryl methyl sites for hydroxylation is 1. The zero-order chi connectivity index (χ0) is 24.1. The van der Waals surface area contributed by atoms with E-state index in [0.29, 0.717) is 28.4 Å². The molecule has 1 saturated carbocycles. The van der Waals surface area contributed by atoms with Gasteiger partial charge in [-0.1, -0.05) is 17.7 Å². The van der Waals surface area contributed by atoms with Crippen molar-refractivity contribution in [3.63, 3.8) is 0 Å². The first-order chi connectivity index (χ1) is 16.3. The molecule has 0 unspecified atom stereocenters. The molecule has 0 radical (unpaired) electrons. The average molecular weight is 481 g/mol. The Balaban J connectivity index is 1.41. The Kier molecular flexibility index (Phi) is 7.07. The van der Waals surface area contributed by atoms with Gasteiger partial charge in [0.1, 0.15) is 0 Å². The zero-order valence-corrected chi connectivity index (χ0v) is 20.0. The van der Waals surface area contributed by atoms with Crippen molar-refractivity contribution >= 4 is 27.3 Å². The minimum Gasteiger partial charge on any atom is -0.493 e. The van der Waals surface area contributed by atoms with E-state index in [9.17, 15) is 13.2 Å². The molecule has 2 N–H and O–H groups in total. The number of methoxy groups -OCH3 is 1. The number of carbonyl (C=O) groups is 1. The lowest BCUT2D eigenvalue weighted by atomic mass is 10.1. The third kappa shape index (κ3) is 5.69. The van der Waals surface area contributed by atoms with Gasteiger partial charge in [0.15, 0.2) is 11.5 Å². The summed E-state index contributed by atoms with van der Waals surface area (Å²) in [6.07, 6.45) is 4.58. The van der Waals surface area contributed by atoms with E-state index >= 15 is 0 Å². The number of benzene rings is 3. The molecular formula is C26H28N2O5S. The Labute approximate surface area is 200 Å². The smallest absolute Gasteiger partial charge is 0.261 e. The molecule has 3 aromatic carbocycles. The predicted molar refractivity (Wildman–Crippen MR) is 132 cm³/mol. The van der Waals surface area contributed by atoms with E-state index in [0.717, 1.165) is 18.4 Å². The van der Waals surface area contributed by atoms with Crippen molar-refractivity contribution in [2.75, 3.05) is 17.1 Å². The van der Waals surface area contributed by atoms with Crippen LogP contribution in [0.25, 0.3) is 0 Å². The highest BCUT2D eigenvalue weighted by atomic mass is 32.2. The molecule has 178 valence electrons. The van der Waals surface area contributed by atoms with E-state index in [2.05, 4.69) is 10.0 Å². The van der Waals surface area contributed by atoms with Gasteiger partial charge in [0.05, 0.1) is 18.1 Å². The molecule has 1 aliphatic rings. The lowest BCUT2D eigenvalue weighted by Crippen LogP contribution is -2.14. The summed E-state index contributed by atoms with van der Waals surface area (Å²) in [6.45, 7) is 1.89. The van der Waals surface area contributed by atoms with Crippen LogP contribution in [0.3, 0.4) is 0 Å². The molecular weight excluding hydrogens is 452 g/mol. The van der Waals surface area contributed by atoms with Crippen molar-refractivity contribution in [1.29, 1.82) is 0 Å². The van der Waals surface area contributed by atoms with Gasteiger partial charge in [-0.05, 0) is 87.2 Å². The van der Waals surface area contributed by atoms with Crippen LogP contribution in [-0.4, -0.2) is 27.5 Å². The maximum absolute atomic E-state index is 12.7. The van der Waals surface area contributed by atoms with Crippen molar-refractivity contribution in [3.8, 4) is 11.5 Å². The van der Waals surface area contributed by atoms with Gasteiger partial charge in [0, 0.05) is 16.9 Å². The molecule has 8 heteroatoms. The number of hydrogen-bond donors (Lipinski definition) is 2. The number of sulfonamides is 1. The fraction of sp³-hybridized carbons (Fsp3) is 0.269. The van der Waals surface area contributed by atoms with Gasteiger partial charge in [-0.2, -0.15) is 0 Å². The van der Waals surface area contributed by atoms with Crippen LogP contribution in [0, 0.1) is 6.92 Å². The zero-order valence-electron chi connectivity index (χ0n) is 19.2. The summed E-state index contributed by atoms with van der Waals surface area (Å²) >= 11 is 0. The fourth-order valence-corrected chi connectivity index (χ4v) is 4.91. The maximum Gasteiger partial charge on any atom is 0.261 e. The standard InChI is InChI=1S/C26H28N2O5S/c1-18-7-14-23(15-8-18)34(30,31)28-21-12-10-20(11-13-21)27-26(29)19-9-16-24(25(17-19)32-2)33-22-5-3-4-6-22/h7-17,22,28H,3-6H2,1-2H3,(H,27,29). The molecule has 1 amide bonds. The van der Waals surface area contributed by atoms with Gasteiger partial charge in [-0.15, -0.1) is 0 Å². The van der Waals surface area contributed by atoms with Crippen molar-refractivity contribution in [2.45, 2.75) is 43.6 Å². The van der Waals surface area contributed by atoms with Crippen molar-refractivity contribution < 1.29 is 22.7 Å². The van der Waals surface area contributed by atoms with Gasteiger partial charge in [0.2, 0.25) is 0 Å². The quantitative estimate of drug-likeness (QED) is 0.452. The van der Waals surface area contributed by atoms with Crippen LogP contribution in [0.5, 0.6) is 11.5 Å². The highest BCUT2D eigenvalue weighted by Crippen LogP contribution is 2.32. The number of carbonyl (C=O) groups excluding carboxylic acids is 1. The van der Waals surface area contributed by atoms with Gasteiger partial charge in [0.25, 0.3) is 15.9 Å². The molecule has 3 aromatic rings. The summed E-state index contributed by atoms with van der Waals surface area (Å²) in [5.74, 6) is 0.843. The van der Waals surface area contributed by atoms with Gasteiger partial charge in [-0.3, -0.25) is 9.52 Å². The molecule has 0 heterocycles. The Morgan fingerprint density at radius 3 is 2.18 bits per heavy atom. The molecule has 0 spiro atoms. The first-order valence-electron chi connectivity index (χ1n) is 11.2. The molecule has 7 nitrogen and oxygen atoms in total. The van der Waals surface area contributed by atoms with Gasteiger partial charge >= 0.3 is 0 Å². The lowest BCUT2D eigenvalue weighted by molar-refractivity contribution is 0.102. The summed E-state index contributed by atoms with van der Waals surface area (Å²) in [5.41, 5.74) is 2.34. The summed E-state index contributed by atoms with van der Waals surface area (Å²) in [4.78, 5) is 12.9. The van der Waals surface area contributed by atoms with Crippen LogP contribution in [-0.2, 0) is 10.0 Å². The van der Waals surface area contributed by atoms with Crippen molar-refractivity contribution in [3.05, 3.63) is 77.9 Å². The first kappa shape index (κ1) is 23.6. The Morgan fingerprint density at radius 2 is 1.53 bits per heavy atom. The highest BCUT2D eigenvalue weighted by molar-refractivity contribution is 7.92. The van der Waals surface area contributed by atoms with Crippen LogP contribution in [0.2, 0.25) is 0 Å². The molecule has 1 fully saturated rings. The minimum absolute atomic E-state index is 0.185. The van der Waals surface area contributed by atoms with Crippen LogP contribution in [0.15, 0.2) is 71.6 Å². The highest BCUT2D eigenvalue weighted by Gasteiger charge is 2.19. The Bertz CT molecular complexity index is 1250. The number of anilines is 2. The van der Waals surface area contributed by atoms with Crippen molar-refractivity contribution in [1.82, 2.24) is 0 Å². The van der Waals surface area contributed by atoms with E-state index in [1.807, 2.05) is 6.92 Å². The van der Waals surface area contributed by atoms with E-state index in [1.165, 1.54) is 12.8 Å². The lowest BCUT2D eigenvalue weighted by Gasteiger charge is -2.16. The number of amides is 1. The summed E-state index contributed by atoms with van der Waals surface area (Å²) in [7, 11) is -2.14. The molecule has 0 atom stereocenters. The predicted octanol–water partition coefficient (Wildman–Crippen LogP) is 5.38. The monoisotopic (exact) mass is 480 g/mol. The third-order valence-corrected chi connectivity index (χ3v) is 7.15. The summed E-state index contributed by atoms with van der Waals surface area (Å²) in [6, 6.07) is 18.2. The van der Waals surface area contributed by atoms with Crippen LogP contribution >= 0.6 is 0 Å². The Hall–Kier alpha value is -3.52. The van der Waals surface area contributed by atoms with Gasteiger partial charge < -0.3 is 14.8 Å².